The summed E-state index contributed by atoms with van der Waals surface area (Å²) in [7, 11) is 0. The fourth-order valence-corrected chi connectivity index (χ4v) is 3.34. The number of carbonyl (C=O) groups is 4. The zero-order valence-electron chi connectivity index (χ0n) is 21.0. The lowest BCUT2D eigenvalue weighted by atomic mass is 10.1. The zero-order valence-corrected chi connectivity index (χ0v) is 21.0. The lowest BCUT2D eigenvalue weighted by Crippen LogP contribution is -2.50. The van der Waals surface area contributed by atoms with Gasteiger partial charge >= 0.3 is 18.3 Å². The van der Waals surface area contributed by atoms with Gasteiger partial charge in [-0.15, -0.1) is 0 Å². The van der Waals surface area contributed by atoms with Crippen molar-refractivity contribution in [2.45, 2.75) is 96.6 Å². The van der Waals surface area contributed by atoms with Crippen LogP contribution in [0.15, 0.2) is 0 Å². The molecule has 0 spiro atoms. The molecular weight excluding hydrogens is 448 g/mol. The van der Waals surface area contributed by atoms with Crippen LogP contribution in [0, 0.1) is 0 Å². The average molecular weight is 489 g/mol. The summed E-state index contributed by atoms with van der Waals surface area (Å²) in [4.78, 5) is 48.7. The average Bonchev–Trinajstić information content (AvgIpc) is 3.04. The Morgan fingerprint density at radius 2 is 1.56 bits per heavy atom. The molecule has 0 aliphatic carbocycles. The van der Waals surface area contributed by atoms with Crippen LogP contribution in [-0.2, 0) is 14.3 Å². The van der Waals surface area contributed by atoms with Crippen LogP contribution >= 0.6 is 0 Å². The predicted molar refractivity (Wildman–Crippen MR) is 123 cm³/mol. The van der Waals surface area contributed by atoms with E-state index >= 15 is 0 Å². The molecule has 0 saturated carbocycles. The second kappa shape index (κ2) is 12.6. The number of aliphatic hydroxyl groups excluding tert-OH is 1. The van der Waals surface area contributed by atoms with Crippen molar-refractivity contribution in [2.75, 3.05) is 19.6 Å². The van der Waals surface area contributed by atoms with Gasteiger partial charge in [-0.2, -0.15) is 0 Å². The normalized spacial score (nSPS) is 19.2. The van der Waals surface area contributed by atoms with Crippen LogP contribution in [0.1, 0.15) is 67.2 Å². The molecule has 0 bridgehead atoms. The first-order valence-electron chi connectivity index (χ1n) is 11.5. The lowest BCUT2D eigenvalue weighted by Gasteiger charge is -2.25. The highest BCUT2D eigenvalue weighted by Crippen LogP contribution is 2.18. The third kappa shape index (κ3) is 11.9. The molecule has 34 heavy (non-hydrogen) atoms. The van der Waals surface area contributed by atoms with E-state index in [-0.39, 0.29) is 19.5 Å². The molecule has 0 aromatic carbocycles. The van der Waals surface area contributed by atoms with E-state index in [2.05, 4.69) is 16.0 Å². The van der Waals surface area contributed by atoms with E-state index in [0.29, 0.717) is 25.8 Å². The quantitative estimate of drug-likeness (QED) is 0.306. The molecule has 0 aromatic rings. The van der Waals surface area contributed by atoms with Crippen molar-refractivity contribution in [2.24, 2.45) is 0 Å². The number of nitrogens with zero attached hydrogens (tertiary/aromatic N) is 1. The van der Waals surface area contributed by atoms with E-state index in [0.717, 1.165) is 4.90 Å². The van der Waals surface area contributed by atoms with Crippen LogP contribution in [0.5, 0.6) is 0 Å². The van der Waals surface area contributed by atoms with Gasteiger partial charge in [0.15, 0.2) is 0 Å². The van der Waals surface area contributed by atoms with Gasteiger partial charge in [0, 0.05) is 25.6 Å². The minimum atomic E-state index is -1.28. The number of alkyl carbamates (subject to hydrolysis) is 2. The van der Waals surface area contributed by atoms with E-state index in [9.17, 15) is 29.4 Å². The predicted octanol–water partition coefficient (Wildman–Crippen LogP) is 1.80. The Balaban J connectivity index is 2.59. The van der Waals surface area contributed by atoms with Gasteiger partial charge in [-0.05, 0) is 60.8 Å². The number of nitrogens with one attached hydrogen (secondary N) is 3. The first-order valence-corrected chi connectivity index (χ1v) is 11.5. The van der Waals surface area contributed by atoms with E-state index in [1.807, 2.05) is 0 Å². The SMILES string of the molecule is CC(C)(C)OC(=O)NCCCC[C@H](CNC(=O)[C@@H]1C[C@@H](O)CN1C(=O)O)NC(=O)OC(C)(C)C. The number of amides is 4. The summed E-state index contributed by atoms with van der Waals surface area (Å²) in [6.45, 7) is 10.8. The first-order chi connectivity index (χ1) is 15.6. The summed E-state index contributed by atoms with van der Waals surface area (Å²) in [5, 5.41) is 27.0. The molecule has 1 saturated heterocycles. The maximum absolute atomic E-state index is 12.6. The van der Waals surface area contributed by atoms with Gasteiger partial charge in [0.25, 0.3) is 0 Å². The minimum absolute atomic E-state index is 0.0125. The Kier molecular flexibility index (Phi) is 10.9. The molecule has 1 aliphatic rings. The topological polar surface area (TPSA) is 167 Å². The summed E-state index contributed by atoms with van der Waals surface area (Å²) in [6.07, 6.45) is -1.61. The van der Waals surface area contributed by atoms with Gasteiger partial charge in [-0.1, -0.05) is 0 Å². The summed E-state index contributed by atoms with van der Waals surface area (Å²) in [5.74, 6) is -0.540. The number of carboxylic acid groups (broad SMARTS) is 1. The van der Waals surface area contributed by atoms with E-state index in [1.165, 1.54) is 0 Å². The summed E-state index contributed by atoms with van der Waals surface area (Å²) >= 11 is 0. The number of rotatable bonds is 9. The van der Waals surface area contributed by atoms with Crippen LogP contribution in [0.25, 0.3) is 0 Å². The number of ether oxygens (including phenoxy) is 2. The highest BCUT2D eigenvalue weighted by Gasteiger charge is 2.39. The number of hydrogen-bond acceptors (Lipinski definition) is 7. The maximum Gasteiger partial charge on any atom is 0.408 e. The van der Waals surface area contributed by atoms with Gasteiger partial charge in [0.05, 0.1) is 12.6 Å². The van der Waals surface area contributed by atoms with E-state index < -0.39 is 53.6 Å². The van der Waals surface area contributed by atoms with Crippen LogP contribution < -0.4 is 16.0 Å². The van der Waals surface area contributed by atoms with Crippen molar-refractivity contribution in [3.63, 3.8) is 0 Å². The highest BCUT2D eigenvalue weighted by atomic mass is 16.6. The van der Waals surface area contributed by atoms with Gasteiger partial charge in [-0.25, -0.2) is 14.4 Å². The summed E-state index contributed by atoms with van der Waals surface area (Å²) in [6, 6.07) is -1.47. The number of β-amino-alcohol motifs (C(OH)–C–C–N with tert-alkyl or cyclic N) is 1. The molecule has 0 unspecified atom stereocenters. The molecule has 196 valence electrons. The summed E-state index contributed by atoms with van der Waals surface area (Å²) < 4.78 is 10.5. The standard InChI is InChI=1S/C22H40N4O8/c1-21(2,3)33-18(29)23-10-8-7-9-14(25-19(30)34-22(4,5)6)12-24-17(28)16-11-15(27)13-26(16)20(31)32/h14-16,27H,7-13H2,1-6H3,(H,23,29)(H,24,28)(H,25,30)(H,31,32)/t14-,15-,16+/m1/s1. The number of unbranched alkanes of at least 4 members (excludes halogenated alkanes) is 1. The molecule has 1 fully saturated rings. The molecule has 0 radical (unpaired) electrons. The Hall–Kier alpha value is -2.76. The highest BCUT2D eigenvalue weighted by molar-refractivity contribution is 5.86. The Morgan fingerprint density at radius 3 is 2.12 bits per heavy atom. The van der Waals surface area contributed by atoms with Gasteiger partial charge in [0.2, 0.25) is 5.91 Å². The third-order valence-electron chi connectivity index (χ3n) is 4.72. The van der Waals surface area contributed by atoms with Crippen molar-refractivity contribution in [1.29, 1.82) is 0 Å². The number of aliphatic hydroxyl groups is 1. The lowest BCUT2D eigenvalue weighted by molar-refractivity contribution is -0.125. The van der Waals surface area contributed by atoms with Crippen molar-refractivity contribution < 1.29 is 38.9 Å². The van der Waals surface area contributed by atoms with Gasteiger partial charge in [-0.3, -0.25) is 9.69 Å². The molecule has 12 heteroatoms. The molecule has 1 heterocycles. The fraction of sp³-hybridized carbons (Fsp3) is 0.818. The van der Waals surface area contributed by atoms with Crippen molar-refractivity contribution in [3.8, 4) is 0 Å². The van der Waals surface area contributed by atoms with Crippen LogP contribution in [-0.4, -0.2) is 88.3 Å². The maximum atomic E-state index is 12.6. The zero-order chi connectivity index (χ0) is 26.1. The molecule has 5 N–H and O–H groups in total. The second-order valence-electron chi connectivity index (χ2n) is 10.4. The molecule has 12 nitrogen and oxygen atoms in total. The molecule has 4 amide bonds. The van der Waals surface area contributed by atoms with Crippen molar-refractivity contribution in [1.82, 2.24) is 20.9 Å². The third-order valence-corrected chi connectivity index (χ3v) is 4.72. The largest absolute Gasteiger partial charge is 0.465 e. The Labute approximate surface area is 200 Å². The minimum Gasteiger partial charge on any atom is -0.465 e. The molecule has 3 atom stereocenters. The molecule has 0 aromatic heterocycles. The smallest absolute Gasteiger partial charge is 0.408 e. The molecule has 1 rings (SSSR count). The van der Waals surface area contributed by atoms with Crippen molar-refractivity contribution in [3.05, 3.63) is 0 Å². The van der Waals surface area contributed by atoms with E-state index in [1.54, 1.807) is 41.5 Å². The van der Waals surface area contributed by atoms with Gasteiger partial charge in [0.1, 0.15) is 17.2 Å². The first kappa shape index (κ1) is 29.3. The number of carbonyl (C=O) groups excluding carboxylic acids is 3. The second-order valence-corrected chi connectivity index (χ2v) is 10.4. The Bertz CT molecular complexity index is 717. The van der Waals surface area contributed by atoms with Crippen LogP contribution in [0.3, 0.4) is 0 Å². The molecular formula is C22H40N4O8. The van der Waals surface area contributed by atoms with Gasteiger partial charge < -0.3 is 35.6 Å². The molecule has 1 aliphatic heterocycles. The summed E-state index contributed by atoms with van der Waals surface area (Å²) in [5.41, 5.74) is -1.28. The number of likely N-dealkylation sites (tertiary alicyclic amines) is 1. The Morgan fingerprint density at radius 1 is 0.971 bits per heavy atom. The van der Waals surface area contributed by atoms with Crippen molar-refractivity contribution >= 4 is 24.2 Å². The van der Waals surface area contributed by atoms with Crippen LogP contribution in [0.2, 0.25) is 0 Å². The monoisotopic (exact) mass is 488 g/mol. The number of hydrogen-bond donors (Lipinski definition) is 5. The van der Waals surface area contributed by atoms with Crippen LogP contribution in [0.4, 0.5) is 14.4 Å². The van der Waals surface area contributed by atoms with E-state index in [4.69, 9.17) is 9.47 Å². The fourth-order valence-electron chi connectivity index (χ4n) is 3.34.